The molecule has 0 N–H and O–H groups in total. The molecule has 0 bridgehead atoms. The van der Waals surface area contributed by atoms with Crippen molar-refractivity contribution in [1.29, 1.82) is 0 Å². The van der Waals surface area contributed by atoms with Gasteiger partial charge in [0.25, 0.3) is 0 Å². The Morgan fingerprint density at radius 3 is 0.851 bits per heavy atom. The Hall–Kier alpha value is -5.46. The number of hydrogen-bond donors (Lipinski definition) is 0. The highest BCUT2D eigenvalue weighted by Crippen LogP contribution is 2.14. The van der Waals surface area contributed by atoms with Crippen molar-refractivity contribution in [3.05, 3.63) is 282 Å². The number of rotatable bonds is 0. The summed E-state index contributed by atoms with van der Waals surface area (Å²) in [5, 5.41) is 1.28. The molecule has 414 valence electrons. The summed E-state index contributed by atoms with van der Waals surface area (Å²) in [4.78, 5) is 0. The Morgan fingerprint density at radius 1 is 0.297 bits per heavy atom. The minimum atomic E-state index is -0.491. The maximum absolute atomic E-state index is 12.3. The van der Waals surface area contributed by atoms with E-state index in [0.29, 0.717) is 10.6 Å². The SMILES string of the molecule is C.C.C.C.C.C.C.C.CC.Cc1c(F)cccc1F.Cc1cccc(C)c1C.Cc1ccccc1Br.Cc1ccccc1C.Cc1ccccc1Cl.Cc1ccccc1F.Fc1cccc(Cl)c1.c1ccccc1. The minimum absolute atomic E-state index is 0. The smallest absolute Gasteiger partial charge is 0.129 e. The molecule has 0 saturated carbocycles. The molecule has 0 fully saturated rings. The second-order valence-electron chi connectivity index (χ2n) is 14.3. The molecule has 0 radical (unpaired) electrons. The Balaban J connectivity index is -0.0000000915. The van der Waals surface area contributed by atoms with E-state index in [4.69, 9.17) is 23.2 Å². The van der Waals surface area contributed by atoms with Crippen molar-refractivity contribution in [1.82, 2.24) is 0 Å². The van der Waals surface area contributed by atoms with Crippen LogP contribution in [0.15, 0.2) is 199 Å². The first-order valence-corrected chi connectivity index (χ1v) is 23.0. The molecule has 0 spiro atoms. The molecule has 0 saturated heterocycles. The summed E-state index contributed by atoms with van der Waals surface area (Å²) in [6.45, 7) is 21.9. The highest BCUT2D eigenvalue weighted by molar-refractivity contribution is 9.10. The van der Waals surface area contributed by atoms with E-state index >= 15 is 0 Å². The summed E-state index contributed by atoms with van der Waals surface area (Å²) < 4.78 is 50.3. The monoisotopic (exact) mass is 1130 g/mol. The van der Waals surface area contributed by atoms with Gasteiger partial charge >= 0.3 is 0 Å². The number of halogens is 7. The maximum Gasteiger partial charge on any atom is 0.129 e. The molecule has 0 aliphatic rings. The Bertz CT molecular complexity index is 2100. The molecule has 7 heteroatoms. The molecule has 8 aromatic carbocycles. The highest BCUT2D eigenvalue weighted by Gasteiger charge is 1.99. The van der Waals surface area contributed by atoms with Crippen LogP contribution in [0.25, 0.3) is 0 Å². The van der Waals surface area contributed by atoms with Gasteiger partial charge in [0, 0.05) is 20.1 Å². The van der Waals surface area contributed by atoms with E-state index in [1.54, 1.807) is 31.2 Å². The predicted octanol–water partition coefficient (Wildman–Crippen LogP) is 25.0. The Morgan fingerprint density at radius 2 is 0.608 bits per heavy atom. The number of hydrogen-bond acceptors (Lipinski definition) is 0. The molecule has 0 aliphatic carbocycles. The van der Waals surface area contributed by atoms with Crippen molar-refractivity contribution < 1.29 is 17.6 Å². The fraction of sp³-hybridized carbons (Fsp3) is 0.284. The molecule has 0 nitrogen and oxygen atoms in total. The van der Waals surface area contributed by atoms with Gasteiger partial charge in [-0.1, -0.05) is 258 Å². The third kappa shape index (κ3) is 42.0. The van der Waals surface area contributed by atoms with Gasteiger partial charge in [0.2, 0.25) is 0 Å². The van der Waals surface area contributed by atoms with Gasteiger partial charge in [-0.05, 0) is 155 Å². The number of aryl methyl sites for hydroxylation is 7. The molecule has 0 heterocycles. The molecule has 0 atom stereocenters. The fourth-order valence-corrected chi connectivity index (χ4v) is 5.24. The van der Waals surface area contributed by atoms with E-state index < -0.39 is 11.6 Å². The summed E-state index contributed by atoms with van der Waals surface area (Å²) in [5.74, 6) is -1.41. The van der Waals surface area contributed by atoms with Crippen LogP contribution < -0.4 is 0 Å². The van der Waals surface area contributed by atoms with Gasteiger partial charge in [-0.2, -0.15) is 0 Å². The van der Waals surface area contributed by atoms with E-state index in [1.165, 1.54) is 81.2 Å². The zero-order valence-electron chi connectivity index (χ0n) is 40.1. The van der Waals surface area contributed by atoms with E-state index in [1.807, 2.05) is 106 Å². The van der Waals surface area contributed by atoms with Gasteiger partial charge < -0.3 is 0 Å². The molecular formula is C67H97BrCl2F4. The predicted molar refractivity (Wildman–Crippen MR) is 337 cm³/mol. The summed E-state index contributed by atoms with van der Waals surface area (Å²) in [5.41, 5.74) is 10.1. The average Bonchev–Trinajstić information content (AvgIpc) is 3.31. The summed E-state index contributed by atoms with van der Waals surface area (Å²) >= 11 is 14.5. The van der Waals surface area contributed by atoms with Crippen LogP contribution in [-0.2, 0) is 0 Å². The first-order chi connectivity index (χ1) is 31.4. The number of benzene rings is 8. The van der Waals surface area contributed by atoms with Gasteiger partial charge in [0.05, 0.1) is 0 Å². The second-order valence-corrected chi connectivity index (χ2v) is 16.0. The summed E-state index contributed by atoms with van der Waals surface area (Å²) in [6.07, 6.45) is 0. The van der Waals surface area contributed by atoms with E-state index in [2.05, 4.69) is 106 Å². The first kappa shape index (κ1) is 88.2. The summed E-state index contributed by atoms with van der Waals surface area (Å²) in [7, 11) is 0. The molecule has 8 aromatic rings. The Kier molecular flexibility index (Phi) is 64.1. The third-order valence-electron chi connectivity index (χ3n) is 9.19. The van der Waals surface area contributed by atoms with E-state index in [9.17, 15) is 17.6 Å². The lowest BCUT2D eigenvalue weighted by atomic mass is 10.1. The van der Waals surface area contributed by atoms with Crippen molar-refractivity contribution >= 4 is 39.1 Å². The van der Waals surface area contributed by atoms with E-state index in [-0.39, 0.29) is 76.6 Å². The van der Waals surface area contributed by atoms with E-state index in [0.717, 1.165) is 10.6 Å². The molecule has 0 aromatic heterocycles. The fourth-order valence-electron chi connectivity index (χ4n) is 4.64. The average molecular weight is 1130 g/mol. The van der Waals surface area contributed by atoms with Crippen molar-refractivity contribution in [2.24, 2.45) is 0 Å². The maximum atomic E-state index is 12.3. The molecule has 0 unspecified atom stereocenters. The molecule has 74 heavy (non-hydrogen) atoms. The Labute approximate surface area is 471 Å². The van der Waals surface area contributed by atoms with Crippen LogP contribution >= 0.6 is 39.1 Å². The van der Waals surface area contributed by atoms with Crippen LogP contribution in [0.2, 0.25) is 10.0 Å². The van der Waals surface area contributed by atoms with Crippen LogP contribution in [0.3, 0.4) is 0 Å². The van der Waals surface area contributed by atoms with Crippen LogP contribution in [-0.4, -0.2) is 0 Å². The van der Waals surface area contributed by atoms with Crippen LogP contribution in [0.5, 0.6) is 0 Å². The van der Waals surface area contributed by atoms with Gasteiger partial charge in [-0.15, -0.1) is 0 Å². The van der Waals surface area contributed by atoms with Crippen LogP contribution in [0.1, 0.15) is 123 Å². The molecular weight excluding hydrogens is 1030 g/mol. The second kappa shape index (κ2) is 53.8. The lowest BCUT2D eigenvalue weighted by molar-refractivity contribution is 0.568. The normalized spacial score (nSPS) is 8.08. The molecule has 8 rings (SSSR count). The third-order valence-corrected chi connectivity index (χ3v) is 10.7. The van der Waals surface area contributed by atoms with Crippen molar-refractivity contribution in [3.8, 4) is 0 Å². The minimum Gasteiger partial charge on any atom is -0.207 e. The molecule has 0 aliphatic heterocycles. The zero-order chi connectivity index (χ0) is 49.9. The van der Waals surface area contributed by atoms with Crippen molar-refractivity contribution in [2.45, 2.75) is 136 Å². The van der Waals surface area contributed by atoms with Gasteiger partial charge in [-0.3, -0.25) is 0 Å². The quantitative estimate of drug-likeness (QED) is 0.133. The van der Waals surface area contributed by atoms with Crippen LogP contribution in [0.4, 0.5) is 17.6 Å². The molecule has 0 amide bonds. The standard InChI is InChI=1S/C9H12.C8H10.C7H7Br.C7H7Cl.C7H6F2.C7H7F.C6H4ClF.C6H6.C2H6.8CH4/c1-7-5-4-6-8(2)9(7)3;1-7-5-3-4-6-8(7)2;2*1-6-4-2-3-5-7(6)8;1-5-6(8)3-2-4-7(5)9;1-6-4-2-3-5-7(6)8;7-5-2-1-3-6(8)4-5;1-2-4-6-5-3-1;1-2;;;;;;;;/h4-6H,1-3H3;3-6H,1-2H3;2*2-5H,1H3;2-4H,1H3;2-5H,1H3;1-4H;1-6H;1-2H3;8*1H4. The van der Waals surface area contributed by atoms with Gasteiger partial charge in [0.15, 0.2) is 0 Å². The van der Waals surface area contributed by atoms with Gasteiger partial charge in [0.1, 0.15) is 23.3 Å². The lowest BCUT2D eigenvalue weighted by Crippen LogP contribution is -1.85. The van der Waals surface area contributed by atoms with Gasteiger partial charge in [-0.25, -0.2) is 17.6 Å². The van der Waals surface area contributed by atoms with Crippen molar-refractivity contribution in [2.75, 3.05) is 0 Å². The highest BCUT2D eigenvalue weighted by atomic mass is 79.9. The largest absolute Gasteiger partial charge is 0.207 e. The lowest BCUT2D eigenvalue weighted by Gasteiger charge is -2.00. The van der Waals surface area contributed by atoms with Crippen molar-refractivity contribution in [3.63, 3.8) is 0 Å². The topological polar surface area (TPSA) is 0 Å². The zero-order valence-corrected chi connectivity index (χ0v) is 43.2. The summed E-state index contributed by atoms with van der Waals surface area (Å²) in [6, 6.07) is 59.0. The van der Waals surface area contributed by atoms with Crippen LogP contribution in [0, 0.1) is 85.6 Å². The first-order valence-electron chi connectivity index (χ1n) is 21.4.